The van der Waals surface area contributed by atoms with Crippen LogP contribution < -0.4 is 47.4 Å². The molecule has 1 aromatic heterocycles. The molecule has 3 aliphatic rings. The van der Waals surface area contributed by atoms with E-state index in [1.54, 1.807) is 84.4 Å². The minimum absolute atomic E-state index is 0.00512. The van der Waals surface area contributed by atoms with Gasteiger partial charge in [-0.1, -0.05) is 159 Å². The van der Waals surface area contributed by atoms with Crippen LogP contribution in [-0.4, -0.2) is 365 Å². The monoisotopic (exact) mass is 2090 g/mol. The highest BCUT2D eigenvalue weighted by molar-refractivity contribution is 5.98. The van der Waals surface area contributed by atoms with Crippen LogP contribution >= 0.6 is 0 Å². The predicted octanol–water partition coefficient (Wildman–Crippen LogP) is 6.23. The molecule has 40 heteroatoms. The highest BCUT2D eigenvalue weighted by Crippen LogP contribution is 2.34. The van der Waals surface area contributed by atoms with Crippen molar-refractivity contribution in [2.24, 2.45) is 29.6 Å². The molecule has 7 rings (SSSR count). The van der Waals surface area contributed by atoms with Crippen molar-refractivity contribution in [1.29, 1.82) is 0 Å². The number of aliphatic hydroxyl groups excluding tert-OH is 1. The van der Waals surface area contributed by atoms with Crippen molar-refractivity contribution < 1.29 is 119 Å². The Kier molecular flexibility index (Phi) is 57.0. The number of fused-ring (bicyclic) bond motifs is 3. The molecule has 40 nitrogen and oxygen atoms in total. The van der Waals surface area contributed by atoms with Crippen molar-refractivity contribution in [2.45, 2.75) is 265 Å². The van der Waals surface area contributed by atoms with Gasteiger partial charge in [0.1, 0.15) is 48.6 Å². The van der Waals surface area contributed by atoms with E-state index in [0.29, 0.717) is 141 Å². The minimum atomic E-state index is -1.26. The molecule has 3 aromatic carbocycles. The third kappa shape index (κ3) is 43.3. The van der Waals surface area contributed by atoms with Gasteiger partial charge in [0.15, 0.2) is 0 Å². The van der Waals surface area contributed by atoms with Gasteiger partial charge in [-0.05, 0) is 118 Å². The molecule has 3 heterocycles. The zero-order chi connectivity index (χ0) is 109. The van der Waals surface area contributed by atoms with Gasteiger partial charge in [-0.25, -0.2) is 4.68 Å². The van der Waals surface area contributed by atoms with Crippen molar-refractivity contribution in [1.82, 2.24) is 72.2 Å². The van der Waals surface area contributed by atoms with Crippen LogP contribution in [0.4, 0.5) is 5.69 Å². The van der Waals surface area contributed by atoms with E-state index in [-0.39, 0.29) is 146 Å². The number of likely N-dealkylation sites (tertiary alicyclic amines) is 1. The van der Waals surface area contributed by atoms with Crippen molar-refractivity contribution in [3.8, 4) is 11.8 Å². The number of ether oxygens (including phenoxy) is 11. The zero-order valence-corrected chi connectivity index (χ0v) is 91.5. The first-order valence-corrected chi connectivity index (χ1v) is 53.3. The average molecular weight is 2090 g/mol. The maximum absolute atomic E-state index is 15.1. The number of para-hydroxylation sites is 1. The highest BCUT2D eigenvalue weighted by Gasteiger charge is 2.45. The van der Waals surface area contributed by atoms with E-state index in [4.69, 9.17) is 52.1 Å². The molecule has 0 radical (unpaired) electrons. The number of aliphatic hydroxyl groups is 1. The molecule has 1 unspecified atom stereocenters. The summed E-state index contributed by atoms with van der Waals surface area (Å²) in [6.07, 6.45) is 3.78. The smallest absolute Gasteiger partial charge is 0.246 e. The standard InChI is InChI=1S/C109H172N16O24/c1-19-77(8)101(90(139-17)71-96(131)122-52-32-41-88(122)103(140-18)78(9)104(133)113-79(10)102(132)83-35-22-20-23-36-83)121(13)109(138)98(75(4)5)117-107(136)100(76(6)7)120(12)108(137)80(11)114-106(135)97(74(2)3)116-105(134)85(115-93(128)48-56-142-60-64-146-67-69-147-65-61-143-57-51-112-91(126)45-46-95(130)123-72-84-37-27-26-33-81(84)43-44-82-34-28-29-39-86(82)123)38-30-31-49-110-94(129)73-149-89-42-25-21-24-40-87-99(89)118-119-124(87)53-58-144-62-66-148-70-68-145-63-59-141-55-47-92(127)111-50-54-125(14,15)16/h20,22-23,26-29,33-37,39,74-80,85,88-90,97-98,100-103,132H,19,21,24-25,30-32,38,40-42,45-73H2,1-18H3,(H7-,110,111,112,113,114,115,116,117,126,127,128,129,133,134,135,136)/p+1/t77-,78+,79+,80-,85+,88-,89?,90+,97-,98-,100-,101-,102+,103+/m0/s1. The Hall–Kier alpha value is -10.5. The fraction of sp³-hybridized carbons (Fsp3) is 0.688. The summed E-state index contributed by atoms with van der Waals surface area (Å²) in [5.41, 5.74) is 5.47. The molecular weight excluding hydrogens is 1920 g/mol. The van der Waals surface area contributed by atoms with Gasteiger partial charge in [-0.15, -0.1) is 5.10 Å². The van der Waals surface area contributed by atoms with Gasteiger partial charge < -0.3 is 124 Å². The molecule has 1 fully saturated rings. The van der Waals surface area contributed by atoms with E-state index < -0.39 is 132 Å². The third-order valence-electron chi connectivity index (χ3n) is 27.0. The number of rotatable bonds is 71. The largest absolute Gasteiger partial charge is 0.386 e. The number of benzene rings is 3. The number of quaternary nitrogens is 1. The number of carbonyl (C=O) groups is 12. The van der Waals surface area contributed by atoms with Gasteiger partial charge in [0.2, 0.25) is 70.9 Å². The second-order valence-corrected chi connectivity index (χ2v) is 40.6. The van der Waals surface area contributed by atoms with Crippen LogP contribution in [0.25, 0.3) is 0 Å². The lowest BCUT2D eigenvalue weighted by molar-refractivity contribution is -0.869. The van der Waals surface area contributed by atoms with Crippen molar-refractivity contribution >= 4 is 76.6 Å². The van der Waals surface area contributed by atoms with E-state index in [1.165, 1.54) is 38.0 Å². The number of nitrogens with zero attached hydrogens (tertiary/aromatic N) is 8. The molecule has 832 valence electrons. The number of carbonyl (C=O) groups excluding carboxylic acids is 12. The molecule has 1 saturated heterocycles. The fourth-order valence-electron chi connectivity index (χ4n) is 18.3. The number of hydrogen-bond acceptors (Lipinski definition) is 26. The van der Waals surface area contributed by atoms with E-state index in [2.05, 4.69) is 85.8 Å². The molecule has 149 heavy (non-hydrogen) atoms. The molecule has 0 saturated carbocycles. The highest BCUT2D eigenvalue weighted by atomic mass is 16.6. The first-order valence-electron chi connectivity index (χ1n) is 53.3. The van der Waals surface area contributed by atoms with Crippen LogP contribution in [0.1, 0.15) is 218 Å². The summed E-state index contributed by atoms with van der Waals surface area (Å²) in [6.45, 7) is 26.7. The van der Waals surface area contributed by atoms with Gasteiger partial charge in [0.05, 0.1) is 213 Å². The van der Waals surface area contributed by atoms with Gasteiger partial charge in [-0.3, -0.25) is 57.5 Å². The molecule has 1 aliphatic carbocycles. The first kappa shape index (κ1) is 125. The number of likely N-dealkylation sites (N-methyl/N-ethyl adjacent to an activating group) is 3. The van der Waals surface area contributed by atoms with Crippen molar-refractivity contribution in [3.05, 3.63) is 113 Å². The molecule has 4 aromatic rings. The number of hydrogen-bond donors (Lipinski definition) is 9. The second-order valence-electron chi connectivity index (χ2n) is 40.6. The number of aromatic nitrogens is 3. The third-order valence-corrected chi connectivity index (χ3v) is 27.0. The Balaban J connectivity index is 0.883. The molecule has 14 atom stereocenters. The van der Waals surface area contributed by atoms with E-state index in [0.717, 1.165) is 59.1 Å². The SMILES string of the molecule is CC[C@H](C)[C@@H]([C@@H](CC(=O)N1CCC[C@H]1[C@H](OC)[C@@H](C)C(=O)N[C@H](C)[C@@H](O)c1ccccc1)OC)N(C)C(=O)[C@@H](NC(=O)[C@H](C(C)C)N(C)C(=O)[C@H](C)NC(=O)[C@@H](NC(=O)[C@@H](CCCCNC(=O)COC1CCCCCc2c1nnn2CCOCCOCCOCCOCCC(=O)NCC[N+](C)(C)C)NC(=O)CCOCCOCCOCCOCCNC(=O)CCC(=O)N1Cc2ccccc2C#Cc2ccccc21)C(C)C)C(C)C. The van der Waals surface area contributed by atoms with E-state index in [1.807, 2.05) is 85.3 Å². The molecule has 0 bridgehead atoms. The number of nitrogens with one attached hydrogen (secondary N) is 8. The molecule has 9 N–H and O–H groups in total. The van der Waals surface area contributed by atoms with Crippen LogP contribution in [0, 0.1) is 41.4 Å². The maximum atomic E-state index is 15.1. The topological polar surface area (TPSA) is 467 Å². The number of methoxy groups -OCH3 is 2. The van der Waals surface area contributed by atoms with Crippen molar-refractivity contribution in [2.75, 3.05) is 199 Å². The first-order chi connectivity index (χ1) is 71.4. The van der Waals surface area contributed by atoms with Crippen LogP contribution in [0.15, 0.2) is 78.9 Å². The number of unbranched alkanes of at least 4 members (excludes halogenated alkanes) is 1. The van der Waals surface area contributed by atoms with Crippen LogP contribution in [0.2, 0.25) is 0 Å². The molecule has 0 spiro atoms. The fourth-order valence-corrected chi connectivity index (χ4v) is 18.3. The molecule has 2 aliphatic heterocycles. The second kappa shape index (κ2) is 67.7. The van der Waals surface area contributed by atoms with E-state index in [9.17, 15) is 57.8 Å². The molecule has 12 amide bonds. The lowest BCUT2D eigenvalue weighted by Crippen LogP contribution is -2.62. The summed E-state index contributed by atoms with van der Waals surface area (Å²) in [6, 6.07) is 16.5. The van der Waals surface area contributed by atoms with Gasteiger partial charge in [0, 0.05) is 84.8 Å². The maximum Gasteiger partial charge on any atom is 0.246 e. The van der Waals surface area contributed by atoms with Crippen LogP contribution in [0.3, 0.4) is 0 Å². The Morgan fingerprint density at radius 1 is 0.523 bits per heavy atom. The summed E-state index contributed by atoms with van der Waals surface area (Å²) in [4.78, 5) is 174. The zero-order valence-electron chi connectivity index (χ0n) is 91.5. The predicted molar refractivity (Wildman–Crippen MR) is 561 cm³/mol. The summed E-state index contributed by atoms with van der Waals surface area (Å²) in [5.74, 6) is -1.28. The minimum Gasteiger partial charge on any atom is -0.386 e. The lowest BCUT2D eigenvalue weighted by Gasteiger charge is -2.41. The average Bonchev–Trinajstić information content (AvgIpc) is 1.52. The summed E-state index contributed by atoms with van der Waals surface area (Å²) in [5, 5.41) is 43.1. The van der Waals surface area contributed by atoms with E-state index >= 15 is 4.79 Å². The Morgan fingerprint density at radius 3 is 1.71 bits per heavy atom. The van der Waals surface area contributed by atoms with Gasteiger partial charge in [-0.2, -0.15) is 0 Å². The van der Waals surface area contributed by atoms with Gasteiger partial charge in [0.25, 0.3) is 0 Å². The molecular formula is C109H173N16O24+. The Labute approximate surface area is 881 Å². The normalized spacial score (nSPS) is 16.5. The Bertz CT molecular complexity index is 4820. The number of anilines is 1. The number of amides is 12. The Morgan fingerprint density at radius 2 is 1.09 bits per heavy atom. The lowest BCUT2D eigenvalue weighted by atomic mass is 9.89. The van der Waals surface area contributed by atoms with Crippen molar-refractivity contribution in [3.63, 3.8) is 0 Å². The summed E-state index contributed by atoms with van der Waals surface area (Å²) < 4.78 is 66.5. The van der Waals surface area contributed by atoms with Crippen LogP contribution in [0.5, 0.6) is 0 Å². The van der Waals surface area contributed by atoms with Gasteiger partial charge >= 0.3 is 0 Å². The summed E-state index contributed by atoms with van der Waals surface area (Å²) >= 11 is 0. The quantitative estimate of drug-likeness (QED) is 0.0134. The summed E-state index contributed by atoms with van der Waals surface area (Å²) in [7, 11) is 12.3. The van der Waals surface area contributed by atoms with Crippen LogP contribution in [-0.2, 0) is 129 Å².